The van der Waals surface area contributed by atoms with Crippen molar-refractivity contribution in [2.75, 3.05) is 6.54 Å². The van der Waals surface area contributed by atoms with Crippen molar-refractivity contribution < 1.29 is 9.53 Å². The van der Waals surface area contributed by atoms with Crippen molar-refractivity contribution in [3.8, 4) is 0 Å². The molecule has 2 N–H and O–H groups in total. The zero-order chi connectivity index (χ0) is 15.4. The molecule has 0 aromatic carbocycles. The van der Waals surface area contributed by atoms with Crippen LogP contribution in [0.2, 0.25) is 0 Å². The van der Waals surface area contributed by atoms with E-state index in [1.807, 2.05) is 0 Å². The highest BCUT2D eigenvalue weighted by molar-refractivity contribution is 7.09. The van der Waals surface area contributed by atoms with Crippen LogP contribution in [0, 0.1) is 17.8 Å². The number of aromatic nitrogens is 1. The Labute approximate surface area is 131 Å². The molecule has 0 bridgehead atoms. The molecule has 4 nitrogen and oxygen atoms in total. The molecule has 1 aliphatic rings. The number of thiazole rings is 1. The first-order chi connectivity index (χ1) is 10.0. The zero-order valence-electron chi connectivity index (χ0n) is 13.2. The smallest absolute Gasteiger partial charge is 0.358 e. The fourth-order valence-corrected chi connectivity index (χ4v) is 3.87. The third kappa shape index (κ3) is 4.27. The monoisotopic (exact) mass is 310 g/mol. The van der Waals surface area contributed by atoms with Crippen LogP contribution in [0.3, 0.4) is 0 Å². The number of nitrogens with zero attached hydrogens (tertiary/aromatic N) is 1. The van der Waals surface area contributed by atoms with E-state index in [0.29, 0.717) is 36.4 Å². The van der Waals surface area contributed by atoms with Crippen molar-refractivity contribution >= 4 is 17.3 Å². The molecule has 1 aromatic heterocycles. The maximum absolute atomic E-state index is 12.3. The predicted molar refractivity (Wildman–Crippen MR) is 85.4 cm³/mol. The number of hydrogen-bond acceptors (Lipinski definition) is 5. The zero-order valence-corrected chi connectivity index (χ0v) is 14.0. The lowest BCUT2D eigenvalue weighted by Gasteiger charge is -2.36. The summed E-state index contributed by atoms with van der Waals surface area (Å²) in [5.41, 5.74) is 5.95. The molecule has 3 unspecified atom stereocenters. The Kier molecular flexibility index (Phi) is 5.76. The Morgan fingerprint density at radius 1 is 1.52 bits per heavy atom. The van der Waals surface area contributed by atoms with Gasteiger partial charge in [-0.15, -0.1) is 11.3 Å². The first-order valence-corrected chi connectivity index (χ1v) is 8.74. The minimum atomic E-state index is -0.278. The average molecular weight is 310 g/mol. The third-order valence-electron chi connectivity index (χ3n) is 4.34. The minimum Gasteiger partial charge on any atom is -0.457 e. The van der Waals surface area contributed by atoms with Gasteiger partial charge in [0.15, 0.2) is 5.69 Å². The van der Waals surface area contributed by atoms with E-state index in [-0.39, 0.29) is 12.1 Å². The van der Waals surface area contributed by atoms with Crippen molar-refractivity contribution in [2.24, 2.45) is 23.5 Å². The molecule has 2 rings (SSSR count). The molecule has 0 aliphatic heterocycles. The normalized spacial score (nSPS) is 26.0. The van der Waals surface area contributed by atoms with E-state index in [1.54, 1.807) is 5.38 Å². The van der Waals surface area contributed by atoms with Crippen molar-refractivity contribution in [1.29, 1.82) is 0 Å². The summed E-state index contributed by atoms with van der Waals surface area (Å²) in [7, 11) is 0. The highest BCUT2D eigenvalue weighted by atomic mass is 32.1. The highest BCUT2D eigenvalue weighted by Crippen LogP contribution is 2.35. The van der Waals surface area contributed by atoms with Crippen LogP contribution in [0.15, 0.2) is 5.38 Å². The summed E-state index contributed by atoms with van der Waals surface area (Å²) in [5.74, 6) is 1.35. The van der Waals surface area contributed by atoms with Gasteiger partial charge in [0.2, 0.25) is 0 Å². The molecular formula is C16H26N2O2S. The molecule has 0 radical (unpaired) electrons. The van der Waals surface area contributed by atoms with Crippen LogP contribution in [0.4, 0.5) is 0 Å². The standard InChI is InChI=1S/C16H26N2O2S/c1-10(2)12-5-4-11(3)8-14(12)20-16(19)13-9-21-15(18-13)6-7-17/h9-12,14H,4-8,17H2,1-3H3. The number of nitrogens with two attached hydrogens (primary N) is 1. The number of ether oxygens (including phenoxy) is 1. The Balaban J connectivity index is 2.01. The predicted octanol–water partition coefficient (Wildman–Crippen LogP) is 3.26. The number of carbonyl (C=O) groups is 1. The van der Waals surface area contributed by atoms with E-state index in [2.05, 4.69) is 25.8 Å². The van der Waals surface area contributed by atoms with E-state index in [0.717, 1.165) is 17.8 Å². The lowest BCUT2D eigenvalue weighted by molar-refractivity contribution is -0.0178. The number of esters is 1. The summed E-state index contributed by atoms with van der Waals surface area (Å²) in [4.78, 5) is 16.6. The molecule has 1 saturated carbocycles. The molecular weight excluding hydrogens is 284 g/mol. The molecule has 0 amide bonds. The van der Waals surface area contributed by atoms with Crippen LogP contribution in [-0.4, -0.2) is 23.6 Å². The summed E-state index contributed by atoms with van der Waals surface area (Å²) in [6.07, 6.45) is 4.09. The third-order valence-corrected chi connectivity index (χ3v) is 5.25. The largest absolute Gasteiger partial charge is 0.457 e. The van der Waals surface area contributed by atoms with E-state index in [4.69, 9.17) is 10.5 Å². The van der Waals surface area contributed by atoms with Crippen molar-refractivity contribution in [1.82, 2.24) is 4.98 Å². The molecule has 3 atom stereocenters. The van der Waals surface area contributed by atoms with Gasteiger partial charge < -0.3 is 10.5 Å². The maximum atomic E-state index is 12.3. The topological polar surface area (TPSA) is 65.2 Å². The van der Waals surface area contributed by atoms with Gasteiger partial charge in [-0.2, -0.15) is 0 Å². The molecule has 21 heavy (non-hydrogen) atoms. The van der Waals surface area contributed by atoms with Crippen LogP contribution in [0.1, 0.15) is 55.5 Å². The van der Waals surface area contributed by atoms with Crippen LogP contribution in [0.5, 0.6) is 0 Å². The van der Waals surface area contributed by atoms with E-state index >= 15 is 0 Å². The highest BCUT2D eigenvalue weighted by Gasteiger charge is 2.33. The second-order valence-electron chi connectivity index (χ2n) is 6.44. The Morgan fingerprint density at radius 2 is 2.29 bits per heavy atom. The quantitative estimate of drug-likeness (QED) is 0.848. The van der Waals surface area contributed by atoms with Crippen LogP contribution >= 0.6 is 11.3 Å². The maximum Gasteiger partial charge on any atom is 0.358 e. The van der Waals surface area contributed by atoms with Gasteiger partial charge in [0, 0.05) is 11.8 Å². The van der Waals surface area contributed by atoms with Crippen LogP contribution in [0.25, 0.3) is 0 Å². The van der Waals surface area contributed by atoms with Gasteiger partial charge in [-0.05, 0) is 37.1 Å². The summed E-state index contributed by atoms with van der Waals surface area (Å²) in [6, 6.07) is 0. The van der Waals surface area contributed by atoms with Gasteiger partial charge in [0.05, 0.1) is 5.01 Å². The van der Waals surface area contributed by atoms with Gasteiger partial charge in [-0.3, -0.25) is 0 Å². The fourth-order valence-electron chi connectivity index (χ4n) is 3.09. The molecule has 1 fully saturated rings. The van der Waals surface area contributed by atoms with E-state index in [9.17, 15) is 4.79 Å². The lowest BCUT2D eigenvalue weighted by atomic mass is 9.75. The van der Waals surface area contributed by atoms with Crippen molar-refractivity contribution in [3.63, 3.8) is 0 Å². The Morgan fingerprint density at radius 3 is 2.95 bits per heavy atom. The molecule has 1 aromatic rings. The molecule has 1 aliphatic carbocycles. The van der Waals surface area contributed by atoms with E-state index < -0.39 is 0 Å². The second-order valence-corrected chi connectivity index (χ2v) is 7.38. The summed E-state index contributed by atoms with van der Waals surface area (Å²) >= 11 is 1.48. The first-order valence-electron chi connectivity index (χ1n) is 7.86. The van der Waals surface area contributed by atoms with Gasteiger partial charge in [0.25, 0.3) is 0 Å². The molecule has 0 saturated heterocycles. The molecule has 0 spiro atoms. The van der Waals surface area contributed by atoms with Crippen molar-refractivity contribution in [3.05, 3.63) is 16.1 Å². The number of rotatable bonds is 5. The second kappa shape index (κ2) is 7.36. The van der Waals surface area contributed by atoms with Crippen molar-refractivity contribution in [2.45, 2.75) is 52.6 Å². The van der Waals surface area contributed by atoms with Crippen LogP contribution < -0.4 is 5.73 Å². The number of carbonyl (C=O) groups excluding carboxylic acids is 1. The SMILES string of the molecule is CC1CCC(C(C)C)C(OC(=O)c2csc(CCN)n2)C1. The lowest BCUT2D eigenvalue weighted by Crippen LogP contribution is -2.35. The fraction of sp³-hybridized carbons (Fsp3) is 0.750. The van der Waals surface area contributed by atoms with Gasteiger partial charge in [-0.1, -0.05) is 27.2 Å². The number of hydrogen-bond donors (Lipinski definition) is 1. The average Bonchev–Trinajstić information content (AvgIpc) is 2.87. The van der Waals surface area contributed by atoms with Gasteiger partial charge in [0.1, 0.15) is 6.10 Å². The van der Waals surface area contributed by atoms with Crippen LogP contribution in [-0.2, 0) is 11.2 Å². The minimum absolute atomic E-state index is 0.0286. The van der Waals surface area contributed by atoms with E-state index in [1.165, 1.54) is 17.8 Å². The van der Waals surface area contributed by atoms with Gasteiger partial charge in [-0.25, -0.2) is 9.78 Å². The first kappa shape index (κ1) is 16.4. The summed E-state index contributed by atoms with van der Waals surface area (Å²) < 4.78 is 5.79. The summed E-state index contributed by atoms with van der Waals surface area (Å²) in [5, 5.41) is 2.69. The van der Waals surface area contributed by atoms with Gasteiger partial charge >= 0.3 is 5.97 Å². The molecule has 118 valence electrons. The Hall–Kier alpha value is -0.940. The molecule has 1 heterocycles. The molecule has 5 heteroatoms. The summed E-state index contributed by atoms with van der Waals surface area (Å²) in [6.45, 7) is 7.21. The Bertz CT molecular complexity index is 473.